The second-order valence-electron chi connectivity index (χ2n) is 6.91. The van der Waals surface area contributed by atoms with E-state index in [2.05, 4.69) is 39.7 Å². The van der Waals surface area contributed by atoms with Crippen molar-refractivity contribution in [3.8, 4) is 0 Å². The summed E-state index contributed by atoms with van der Waals surface area (Å²) in [4.78, 5) is 6.37. The summed E-state index contributed by atoms with van der Waals surface area (Å²) in [7, 11) is 2.84. The molecule has 0 radical (unpaired) electrons. The maximum Gasteiger partial charge on any atom is 0.193 e. The fourth-order valence-electron chi connectivity index (χ4n) is 2.23. The summed E-state index contributed by atoms with van der Waals surface area (Å²) < 4.78 is 24.8. The van der Waals surface area contributed by atoms with Crippen molar-refractivity contribution in [1.82, 2.24) is 14.8 Å². The minimum Gasteiger partial charge on any atom is -0.356 e. The van der Waals surface area contributed by atoms with Gasteiger partial charge in [-0.2, -0.15) is 0 Å². The van der Waals surface area contributed by atoms with Gasteiger partial charge in [0.2, 0.25) is 0 Å². The fraction of sp³-hybridized carbons (Fsp3) is 0.688. The minimum absolute atomic E-state index is 0. The Labute approximate surface area is 163 Å². The lowest BCUT2D eigenvalue weighted by Gasteiger charge is -2.28. The zero-order valence-corrected chi connectivity index (χ0v) is 18.7. The monoisotopic (exact) mass is 470 g/mol. The Kier molecular flexibility index (Phi) is 9.34. The Balaban J connectivity index is 0.00000529. The highest BCUT2D eigenvalue weighted by Gasteiger charge is 2.21. The number of guanidine groups is 1. The summed E-state index contributed by atoms with van der Waals surface area (Å²) in [5.74, 6) is 1.01. The molecular weight excluding hydrogens is 439 g/mol. The maximum atomic E-state index is 11.3. The van der Waals surface area contributed by atoms with Crippen molar-refractivity contribution in [2.75, 3.05) is 32.6 Å². The van der Waals surface area contributed by atoms with Crippen molar-refractivity contribution in [1.29, 1.82) is 0 Å². The molecule has 1 aromatic heterocycles. The molecule has 0 spiro atoms. The average molecular weight is 470 g/mol. The molecule has 1 heterocycles. The quantitative estimate of drug-likeness (QED) is 0.377. The number of sulfone groups is 1. The first-order chi connectivity index (χ1) is 10.5. The van der Waals surface area contributed by atoms with E-state index < -0.39 is 9.84 Å². The number of hydrogen-bond donors (Lipinski definition) is 1. The number of aryl methyl sites for hydroxylation is 1. The third-order valence-corrected chi connectivity index (χ3v) is 4.84. The molecule has 0 atom stereocenters. The van der Waals surface area contributed by atoms with E-state index in [4.69, 9.17) is 0 Å². The molecular formula is C16H31IN4O2S. The van der Waals surface area contributed by atoms with Gasteiger partial charge in [-0.15, -0.1) is 24.0 Å². The molecule has 0 bridgehead atoms. The lowest BCUT2D eigenvalue weighted by molar-refractivity contribution is 0.339. The van der Waals surface area contributed by atoms with Crippen LogP contribution in [0.2, 0.25) is 0 Å². The third kappa shape index (κ3) is 8.36. The van der Waals surface area contributed by atoms with E-state index in [1.54, 1.807) is 7.05 Å². The molecule has 24 heavy (non-hydrogen) atoms. The van der Waals surface area contributed by atoms with Gasteiger partial charge in [0.1, 0.15) is 9.84 Å². The summed E-state index contributed by atoms with van der Waals surface area (Å²) in [6, 6.07) is 4.10. The molecule has 6 nitrogen and oxygen atoms in total. The second kappa shape index (κ2) is 9.65. The van der Waals surface area contributed by atoms with Crippen molar-refractivity contribution in [3.05, 3.63) is 24.0 Å². The number of aromatic nitrogens is 1. The summed E-state index contributed by atoms with van der Waals surface area (Å²) in [6.45, 7) is 5.56. The fourth-order valence-corrected chi connectivity index (χ4v) is 3.16. The van der Waals surface area contributed by atoms with Gasteiger partial charge in [-0.25, -0.2) is 8.42 Å². The van der Waals surface area contributed by atoms with Gasteiger partial charge < -0.3 is 14.8 Å². The Bertz CT molecular complexity index is 638. The first-order valence-corrected chi connectivity index (χ1v) is 9.80. The predicted molar refractivity (Wildman–Crippen MR) is 112 cm³/mol. The van der Waals surface area contributed by atoms with Gasteiger partial charge in [-0.1, -0.05) is 13.8 Å². The summed E-state index contributed by atoms with van der Waals surface area (Å²) in [6.07, 6.45) is 3.92. The molecule has 0 unspecified atom stereocenters. The Morgan fingerprint density at radius 3 is 2.50 bits per heavy atom. The molecule has 8 heteroatoms. The Morgan fingerprint density at radius 1 is 1.42 bits per heavy atom. The van der Waals surface area contributed by atoms with Crippen LogP contribution in [-0.2, 0) is 23.4 Å². The van der Waals surface area contributed by atoms with Gasteiger partial charge >= 0.3 is 0 Å². The lowest BCUT2D eigenvalue weighted by Crippen LogP contribution is -2.43. The third-order valence-electron chi connectivity index (χ3n) is 3.90. The zero-order chi connectivity index (χ0) is 17.7. The number of hydrogen-bond acceptors (Lipinski definition) is 3. The van der Waals surface area contributed by atoms with Crippen LogP contribution in [0.4, 0.5) is 0 Å². The highest BCUT2D eigenvalue weighted by molar-refractivity contribution is 14.0. The van der Waals surface area contributed by atoms with Crippen LogP contribution in [0.5, 0.6) is 0 Å². The summed E-state index contributed by atoms with van der Waals surface area (Å²) in [5.41, 5.74) is 1.08. The van der Waals surface area contributed by atoms with Gasteiger partial charge in [-0.05, 0) is 24.0 Å². The summed E-state index contributed by atoms with van der Waals surface area (Å²) in [5, 5.41) is 3.35. The largest absolute Gasteiger partial charge is 0.356 e. The average Bonchev–Trinajstić information content (AvgIpc) is 2.82. The Morgan fingerprint density at radius 2 is 2.04 bits per heavy atom. The van der Waals surface area contributed by atoms with Crippen molar-refractivity contribution >= 4 is 39.8 Å². The van der Waals surface area contributed by atoms with Crippen LogP contribution in [-0.4, -0.2) is 56.5 Å². The van der Waals surface area contributed by atoms with Crippen LogP contribution < -0.4 is 5.32 Å². The van der Waals surface area contributed by atoms with Crippen LogP contribution in [0.25, 0.3) is 0 Å². The molecule has 1 rings (SSSR count). The molecule has 0 fully saturated rings. The van der Waals surface area contributed by atoms with Gasteiger partial charge in [-0.3, -0.25) is 4.99 Å². The van der Waals surface area contributed by atoms with Crippen molar-refractivity contribution in [3.63, 3.8) is 0 Å². The first-order valence-electron chi connectivity index (χ1n) is 7.74. The molecule has 0 saturated carbocycles. The maximum absolute atomic E-state index is 11.3. The van der Waals surface area contributed by atoms with Crippen molar-refractivity contribution in [2.24, 2.45) is 17.5 Å². The van der Waals surface area contributed by atoms with Crippen LogP contribution in [0, 0.1) is 5.41 Å². The van der Waals surface area contributed by atoms with E-state index >= 15 is 0 Å². The van der Waals surface area contributed by atoms with Crippen molar-refractivity contribution in [2.45, 2.75) is 26.8 Å². The number of nitrogens with zero attached hydrogens (tertiary/aromatic N) is 3. The molecule has 0 aliphatic heterocycles. The number of rotatable bonds is 7. The molecule has 0 aliphatic carbocycles. The Hall–Kier alpha value is -0.770. The minimum atomic E-state index is -2.93. The normalized spacial score (nSPS) is 12.7. The van der Waals surface area contributed by atoms with Crippen molar-refractivity contribution < 1.29 is 8.42 Å². The van der Waals surface area contributed by atoms with Crippen LogP contribution >= 0.6 is 24.0 Å². The topological polar surface area (TPSA) is 66.7 Å². The summed E-state index contributed by atoms with van der Waals surface area (Å²) >= 11 is 0. The highest BCUT2D eigenvalue weighted by Crippen LogP contribution is 2.20. The van der Waals surface area contributed by atoms with Gasteiger partial charge in [0.05, 0.1) is 12.3 Å². The predicted octanol–water partition coefficient (Wildman–Crippen LogP) is 2.11. The van der Waals surface area contributed by atoms with Crippen LogP contribution in [0.15, 0.2) is 23.3 Å². The van der Waals surface area contributed by atoms with Gasteiger partial charge in [0, 0.05) is 45.8 Å². The van der Waals surface area contributed by atoms with Gasteiger partial charge in [0.15, 0.2) is 5.96 Å². The van der Waals surface area contributed by atoms with Crippen LogP contribution in [0.3, 0.4) is 0 Å². The highest BCUT2D eigenvalue weighted by atomic mass is 127. The smallest absolute Gasteiger partial charge is 0.193 e. The zero-order valence-electron chi connectivity index (χ0n) is 15.5. The number of nitrogens with one attached hydrogen (secondary N) is 1. The van der Waals surface area contributed by atoms with E-state index in [9.17, 15) is 8.42 Å². The second-order valence-corrected chi connectivity index (χ2v) is 9.17. The lowest BCUT2D eigenvalue weighted by atomic mass is 9.90. The molecule has 140 valence electrons. The number of aliphatic imine (C=N–C) groups is 1. The molecule has 0 aliphatic rings. The van der Waals surface area contributed by atoms with E-state index in [-0.39, 0.29) is 35.1 Å². The van der Waals surface area contributed by atoms with E-state index in [0.29, 0.717) is 13.0 Å². The number of halogens is 1. The standard InChI is InChI=1S/C16H30N4O2S.HI/c1-16(2,9-11-23(6,21)22)13-18-15(17-3)20(5)12-14-8-7-10-19(14)4;/h7-8,10H,9,11-13H2,1-6H3,(H,17,18);1H. The van der Waals surface area contributed by atoms with E-state index in [1.807, 2.05) is 26.4 Å². The molecule has 0 saturated heterocycles. The molecule has 1 aromatic rings. The molecule has 1 N–H and O–H groups in total. The van der Waals surface area contributed by atoms with Crippen LogP contribution in [0.1, 0.15) is 26.0 Å². The molecule has 0 aromatic carbocycles. The SMILES string of the molecule is CN=C(NCC(C)(C)CCS(C)(=O)=O)N(C)Cc1cccn1C.I. The molecule has 0 amide bonds. The van der Waals surface area contributed by atoms with E-state index in [0.717, 1.165) is 12.5 Å². The first kappa shape index (κ1) is 23.2. The van der Waals surface area contributed by atoms with E-state index in [1.165, 1.54) is 11.9 Å². The van der Waals surface area contributed by atoms with Gasteiger partial charge in [0.25, 0.3) is 0 Å².